The highest BCUT2D eigenvalue weighted by Crippen LogP contribution is 2.26. The van der Waals surface area contributed by atoms with Crippen LogP contribution in [0.25, 0.3) is 10.8 Å². The van der Waals surface area contributed by atoms with Crippen LogP contribution >= 0.6 is 0 Å². The van der Waals surface area contributed by atoms with Crippen LogP contribution in [0.1, 0.15) is 32.1 Å². The second kappa shape index (κ2) is 11.4. The minimum atomic E-state index is -0.867. The van der Waals surface area contributed by atoms with Gasteiger partial charge in [-0.1, -0.05) is 42.5 Å². The summed E-state index contributed by atoms with van der Waals surface area (Å²) in [7, 11) is 0. The number of benzene rings is 2. The van der Waals surface area contributed by atoms with Gasteiger partial charge in [0.2, 0.25) is 5.91 Å². The molecule has 1 heterocycles. The van der Waals surface area contributed by atoms with E-state index in [2.05, 4.69) is 5.32 Å². The number of aliphatic carboxylic acids is 1. The first-order valence-electron chi connectivity index (χ1n) is 10.5. The summed E-state index contributed by atoms with van der Waals surface area (Å²) >= 11 is 0. The molecule has 1 saturated heterocycles. The molecule has 0 saturated carbocycles. The number of carbonyl (C=O) groups is 2. The second-order valence-corrected chi connectivity index (χ2v) is 7.54. The van der Waals surface area contributed by atoms with Gasteiger partial charge in [-0.3, -0.25) is 9.59 Å². The molecule has 2 aromatic rings. The number of amides is 1. The number of carboxylic acid groups (broad SMARTS) is 1. The molecule has 2 unspecified atom stereocenters. The summed E-state index contributed by atoms with van der Waals surface area (Å²) in [5.41, 5.74) is 0. The maximum atomic E-state index is 11.8. The van der Waals surface area contributed by atoms with Crippen LogP contribution < -0.4 is 10.1 Å². The van der Waals surface area contributed by atoms with Gasteiger partial charge in [-0.05, 0) is 49.6 Å². The molecule has 0 radical (unpaired) electrons. The SMILES string of the molecule is O=C(C=CCCCC(COc1cccc2ccccc12)C(=O)O)NCC1CCCO1. The number of hydrogen-bond donors (Lipinski definition) is 2. The Morgan fingerprint density at radius 2 is 2.07 bits per heavy atom. The fourth-order valence-electron chi connectivity index (χ4n) is 3.54. The van der Waals surface area contributed by atoms with Gasteiger partial charge in [0.05, 0.1) is 12.0 Å². The van der Waals surface area contributed by atoms with E-state index in [-0.39, 0.29) is 18.6 Å². The van der Waals surface area contributed by atoms with Crippen LogP contribution in [0.5, 0.6) is 5.75 Å². The topological polar surface area (TPSA) is 84.9 Å². The number of carbonyl (C=O) groups excluding carboxylic acids is 1. The number of carboxylic acids is 1. The van der Waals surface area contributed by atoms with Crippen LogP contribution in [-0.2, 0) is 14.3 Å². The van der Waals surface area contributed by atoms with E-state index in [4.69, 9.17) is 9.47 Å². The maximum absolute atomic E-state index is 11.8. The highest BCUT2D eigenvalue weighted by Gasteiger charge is 2.18. The van der Waals surface area contributed by atoms with Crippen molar-refractivity contribution in [2.24, 2.45) is 5.92 Å². The van der Waals surface area contributed by atoms with Crippen LogP contribution in [0, 0.1) is 5.92 Å². The van der Waals surface area contributed by atoms with Gasteiger partial charge in [0.1, 0.15) is 12.4 Å². The summed E-state index contributed by atoms with van der Waals surface area (Å²) in [6.07, 6.45) is 7.26. The van der Waals surface area contributed by atoms with Gasteiger partial charge >= 0.3 is 5.97 Å². The largest absolute Gasteiger partial charge is 0.492 e. The zero-order valence-electron chi connectivity index (χ0n) is 17.1. The number of fused-ring (bicyclic) bond motifs is 1. The Balaban J connectivity index is 1.40. The third kappa shape index (κ3) is 6.59. The molecule has 1 amide bonds. The molecule has 2 aromatic carbocycles. The van der Waals surface area contributed by atoms with Crippen molar-refractivity contribution in [3.05, 3.63) is 54.6 Å². The van der Waals surface area contributed by atoms with Gasteiger partial charge in [0.15, 0.2) is 0 Å². The third-order valence-corrected chi connectivity index (χ3v) is 5.26. The molecular formula is C24H29NO5. The molecule has 0 aromatic heterocycles. The van der Waals surface area contributed by atoms with Crippen molar-refractivity contribution in [1.82, 2.24) is 5.32 Å². The number of allylic oxidation sites excluding steroid dienone is 1. The van der Waals surface area contributed by atoms with Gasteiger partial charge in [-0.25, -0.2) is 0 Å². The number of unbranched alkanes of at least 4 members (excludes halogenated alkanes) is 1. The fourth-order valence-corrected chi connectivity index (χ4v) is 3.54. The summed E-state index contributed by atoms with van der Waals surface area (Å²) in [6.45, 7) is 1.43. The van der Waals surface area contributed by atoms with Crippen LogP contribution in [-0.4, -0.2) is 42.8 Å². The Morgan fingerprint density at radius 3 is 2.87 bits per heavy atom. The Bertz CT molecular complexity index is 868. The van der Waals surface area contributed by atoms with E-state index in [1.165, 1.54) is 6.08 Å². The molecule has 0 bridgehead atoms. The lowest BCUT2D eigenvalue weighted by atomic mass is 10.0. The highest BCUT2D eigenvalue weighted by molar-refractivity contribution is 5.88. The van der Waals surface area contributed by atoms with Gasteiger partial charge in [0.25, 0.3) is 0 Å². The van der Waals surface area contributed by atoms with Crippen molar-refractivity contribution in [3.8, 4) is 5.75 Å². The quantitative estimate of drug-likeness (QED) is 0.432. The zero-order valence-corrected chi connectivity index (χ0v) is 17.1. The fraction of sp³-hybridized carbons (Fsp3) is 0.417. The number of rotatable bonds is 11. The molecule has 6 nitrogen and oxygen atoms in total. The maximum Gasteiger partial charge on any atom is 0.309 e. The van der Waals surface area contributed by atoms with Crippen molar-refractivity contribution in [1.29, 1.82) is 0 Å². The van der Waals surface area contributed by atoms with Gasteiger partial charge in [-0.15, -0.1) is 0 Å². The smallest absolute Gasteiger partial charge is 0.309 e. The molecule has 2 N–H and O–H groups in total. The number of nitrogens with one attached hydrogen (secondary N) is 1. The normalized spacial score (nSPS) is 17.3. The lowest BCUT2D eigenvalue weighted by Crippen LogP contribution is -2.30. The van der Waals surface area contributed by atoms with E-state index in [1.807, 2.05) is 42.5 Å². The van der Waals surface area contributed by atoms with E-state index in [0.717, 1.165) is 30.2 Å². The van der Waals surface area contributed by atoms with Crippen LogP contribution in [0.3, 0.4) is 0 Å². The number of ether oxygens (including phenoxy) is 2. The summed E-state index contributed by atoms with van der Waals surface area (Å²) in [6, 6.07) is 13.6. The standard InChI is InChI=1S/C24H29NO5/c26-23(25-16-20-11-7-15-29-20)14-3-1-2-9-19(24(27)28)17-30-22-13-6-10-18-8-4-5-12-21(18)22/h3-6,8,10,12-14,19-20H,1-2,7,9,11,15-17H2,(H,25,26)(H,27,28). The van der Waals surface area contributed by atoms with Crippen molar-refractivity contribution < 1.29 is 24.2 Å². The highest BCUT2D eigenvalue weighted by atomic mass is 16.5. The summed E-state index contributed by atoms with van der Waals surface area (Å²) in [5.74, 6) is -0.902. The predicted octanol–water partition coefficient (Wildman–Crippen LogP) is 3.94. The minimum Gasteiger partial charge on any atom is -0.492 e. The van der Waals surface area contributed by atoms with Crippen molar-refractivity contribution in [3.63, 3.8) is 0 Å². The Hall–Kier alpha value is -2.86. The summed E-state index contributed by atoms with van der Waals surface area (Å²) in [4.78, 5) is 23.4. The molecular weight excluding hydrogens is 382 g/mol. The molecule has 1 aliphatic heterocycles. The van der Waals surface area contributed by atoms with Gasteiger partial charge in [0, 0.05) is 18.5 Å². The Kier molecular flexibility index (Phi) is 8.27. The Labute approximate surface area is 176 Å². The molecule has 1 fully saturated rings. The lowest BCUT2D eigenvalue weighted by molar-refractivity contribution is -0.143. The minimum absolute atomic E-state index is 0.120. The Morgan fingerprint density at radius 1 is 1.23 bits per heavy atom. The van der Waals surface area contributed by atoms with Crippen LogP contribution in [0.15, 0.2) is 54.6 Å². The van der Waals surface area contributed by atoms with E-state index in [9.17, 15) is 14.7 Å². The molecule has 2 atom stereocenters. The molecule has 0 aliphatic carbocycles. The van der Waals surface area contributed by atoms with E-state index < -0.39 is 11.9 Å². The lowest BCUT2D eigenvalue weighted by Gasteiger charge is -2.14. The van der Waals surface area contributed by atoms with Crippen molar-refractivity contribution in [2.45, 2.75) is 38.2 Å². The molecule has 30 heavy (non-hydrogen) atoms. The summed E-state index contributed by atoms with van der Waals surface area (Å²) < 4.78 is 11.3. The van der Waals surface area contributed by atoms with Gasteiger partial charge < -0.3 is 19.9 Å². The van der Waals surface area contributed by atoms with Crippen molar-refractivity contribution in [2.75, 3.05) is 19.8 Å². The molecule has 6 heteroatoms. The first-order valence-corrected chi connectivity index (χ1v) is 10.5. The first-order chi connectivity index (χ1) is 14.6. The molecule has 1 aliphatic rings. The van der Waals surface area contributed by atoms with E-state index >= 15 is 0 Å². The number of hydrogen-bond acceptors (Lipinski definition) is 4. The van der Waals surface area contributed by atoms with Crippen LogP contribution in [0.2, 0.25) is 0 Å². The first kappa shape index (κ1) is 21.8. The van der Waals surface area contributed by atoms with Crippen molar-refractivity contribution >= 4 is 22.6 Å². The average molecular weight is 411 g/mol. The molecule has 0 spiro atoms. The second-order valence-electron chi connectivity index (χ2n) is 7.54. The van der Waals surface area contributed by atoms with E-state index in [1.54, 1.807) is 6.08 Å². The summed E-state index contributed by atoms with van der Waals surface area (Å²) in [5, 5.41) is 14.4. The monoisotopic (exact) mass is 411 g/mol. The van der Waals surface area contributed by atoms with Gasteiger partial charge in [-0.2, -0.15) is 0 Å². The van der Waals surface area contributed by atoms with E-state index in [0.29, 0.717) is 31.6 Å². The zero-order chi connectivity index (χ0) is 21.2. The third-order valence-electron chi connectivity index (χ3n) is 5.26. The van der Waals surface area contributed by atoms with Crippen LogP contribution in [0.4, 0.5) is 0 Å². The average Bonchev–Trinajstić information content (AvgIpc) is 3.27. The molecule has 3 rings (SSSR count). The molecule has 160 valence electrons. The predicted molar refractivity (Wildman–Crippen MR) is 116 cm³/mol.